The number of ether oxygens (including phenoxy) is 1. The number of allylic oxidation sites excluding steroid dienone is 1. The number of nitriles is 1. The van der Waals surface area contributed by atoms with Gasteiger partial charge in [0.05, 0.1) is 5.92 Å². The quantitative estimate of drug-likeness (QED) is 0.703. The molecule has 0 spiro atoms. The zero-order valence-corrected chi connectivity index (χ0v) is 13.2. The molecule has 4 nitrogen and oxygen atoms in total. The van der Waals surface area contributed by atoms with Crippen LogP contribution in [0, 0.1) is 11.3 Å². The third-order valence-corrected chi connectivity index (χ3v) is 4.40. The Morgan fingerprint density at radius 3 is 2.75 bits per heavy atom. The molecule has 0 fully saturated rings. The van der Waals surface area contributed by atoms with Gasteiger partial charge in [-0.3, -0.25) is 0 Å². The molecule has 116 valence electrons. The molecule has 0 bridgehead atoms. The zero-order valence-electron chi connectivity index (χ0n) is 13.2. The Bertz CT molecular complexity index is 1030. The average Bonchev–Trinajstić information content (AvgIpc) is 2.60. The van der Waals surface area contributed by atoms with Gasteiger partial charge >= 0.3 is 0 Å². The van der Waals surface area contributed by atoms with Crippen LogP contribution in [-0.4, -0.2) is 0 Å². The number of nitrogens with two attached hydrogens (primary N) is 1. The summed E-state index contributed by atoms with van der Waals surface area (Å²) in [4.78, 5) is 0. The Hall–Kier alpha value is -3.32. The summed E-state index contributed by atoms with van der Waals surface area (Å²) in [6, 6.07) is 18.3. The molecule has 0 saturated heterocycles. The van der Waals surface area contributed by atoms with Gasteiger partial charge in [-0.1, -0.05) is 36.4 Å². The van der Waals surface area contributed by atoms with Crippen LogP contribution in [-0.2, 0) is 7.05 Å². The lowest BCUT2D eigenvalue weighted by atomic mass is 9.83. The van der Waals surface area contributed by atoms with Crippen molar-refractivity contribution in [2.45, 2.75) is 5.92 Å². The van der Waals surface area contributed by atoms with E-state index in [9.17, 15) is 5.26 Å². The molecule has 2 N–H and O–H groups in total. The van der Waals surface area contributed by atoms with Crippen LogP contribution in [0.3, 0.4) is 0 Å². The van der Waals surface area contributed by atoms with Crippen molar-refractivity contribution in [2.75, 3.05) is 0 Å². The van der Waals surface area contributed by atoms with E-state index in [2.05, 4.69) is 12.1 Å². The first kappa shape index (κ1) is 14.3. The van der Waals surface area contributed by atoms with Gasteiger partial charge in [-0.2, -0.15) is 5.26 Å². The molecule has 0 amide bonds. The lowest BCUT2D eigenvalue weighted by Gasteiger charge is -2.26. The van der Waals surface area contributed by atoms with E-state index in [-0.39, 0.29) is 11.8 Å². The monoisotopic (exact) mass is 314 g/mol. The second-order valence-electron chi connectivity index (χ2n) is 5.93. The first-order valence-electron chi connectivity index (χ1n) is 7.73. The molecule has 4 rings (SSSR count). The Labute approximate surface area is 140 Å². The number of pyridine rings is 1. The number of hydrogen-bond donors (Lipinski definition) is 1. The molecule has 3 aromatic rings. The van der Waals surface area contributed by atoms with E-state index < -0.39 is 0 Å². The third kappa shape index (κ3) is 2.10. The first-order chi connectivity index (χ1) is 11.7. The molecule has 0 unspecified atom stereocenters. The highest BCUT2D eigenvalue weighted by Crippen LogP contribution is 2.44. The Balaban J connectivity index is 2.02. The number of aromatic nitrogens is 1. The van der Waals surface area contributed by atoms with Gasteiger partial charge in [0.15, 0.2) is 12.4 Å². The number of hydrogen-bond acceptors (Lipinski definition) is 3. The summed E-state index contributed by atoms with van der Waals surface area (Å²) in [7, 11) is 1.96. The van der Waals surface area contributed by atoms with E-state index in [0.717, 1.165) is 27.6 Å². The second kappa shape index (κ2) is 5.39. The fourth-order valence-corrected chi connectivity index (χ4v) is 3.31. The molecule has 0 radical (unpaired) electrons. The Morgan fingerprint density at radius 1 is 1.12 bits per heavy atom. The molecule has 1 aromatic heterocycles. The first-order valence-corrected chi connectivity index (χ1v) is 7.73. The van der Waals surface area contributed by atoms with Crippen molar-refractivity contribution in [3.8, 4) is 11.8 Å². The number of rotatable bonds is 1. The molecular weight excluding hydrogens is 298 g/mol. The van der Waals surface area contributed by atoms with Crippen LogP contribution in [0.5, 0.6) is 5.75 Å². The molecule has 4 heteroatoms. The SMILES string of the molecule is C[n+]1cccc([C@H]2C(C#N)=C(N)Oc3c2ccc2ccccc32)c1. The summed E-state index contributed by atoms with van der Waals surface area (Å²) >= 11 is 0. The predicted octanol–water partition coefficient (Wildman–Crippen LogP) is 2.88. The van der Waals surface area contributed by atoms with Gasteiger partial charge in [0.1, 0.15) is 24.4 Å². The van der Waals surface area contributed by atoms with Crippen molar-refractivity contribution in [1.29, 1.82) is 5.26 Å². The van der Waals surface area contributed by atoms with E-state index in [4.69, 9.17) is 10.5 Å². The summed E-state index contributed by atoms with van der Waals surface area (Å²) in [5, 5.41) is 11.7. The van der Waals surface area contributed by atoms with E-state index in [1.807, 2.05) is 66.5 Å². The van der Waals surface area contributed by atoms with Crippen LogP contribution >= 0.6 is 0 Å². The summed E-state index contributed by atoms with van der Waals surface area (Å²) in [6.45, 7) is 0. The smallest absolute Gasteiger partial charge is 0.205 e. The maximum Gasteiger partial charge on any atom is 0.205 e. The van der Waals surface area contributed by atoms with E-state index in [0.29, 0.717) is 5.57 Å². The average molecular weight is 314 g/mol. The summed E-state index contributed by atoms with van der Waals surface area (Å²) in [6.07, 6.45) is 3.98. The lowest BCUT2D eigenvalue weighted by Crippen LogP contribution is -2.29. The summed E-state index contributed by atoms with van der Waals surface area (Å²) in [5.74, 6) is 0.690. The molecular formula is C20H16N3O+. The molecule has 24 heavy (non-hydrogen) atoms. The predicted molar refractivity (Wildman–Crippen MR) is 90.9 cm³/mol. The van der Waals surface area contributed by atoms with Crippen molar-refractivity contribution in [3.63, 3.8) is 0 Å². The minimum atomic E-state index is -0.226. The third-order valence-electron chi connectivity index (χ3n) is 4.40. The highest BCUT2D eigenvalue weighted by atomic mass is 16.5. The highest BCUT2D eigenvalue weighted by Gasteiger charge is 2.32. The van der Waals surface area contributed by atoms with Crippen LogP contribution < -0.4 is 15.0 Å². The van der Waals surface area contributed by atoms with Crippen LogP contribution in [0.25, 0.3) is 10.8 Å². The fourth-order valence-electron chi connectivity index (χ4n) is 3.31. The lowest BCUT2D eigenvalue weighted by molar-refractivity contribution is -0.671. The maximum absolute atomic E-state index is 9.63. The summed E-state index contributed by atoms with van der Waals surface area (Å²) < 4.78 is 7.83. The van der Waals surface area contributed by atoms with E-state index in [1.165, 1.54) is 0 Å². The number of nitrogens with zero attached hydrogens (tertiary/aromatic N) is 2. The Kier molecular flexibility index (Phi) is 3.21. The van der Waals surface area contributed by atoms with Crippen LogP contribution in [0.2, 0.25) is 0 Å². The minimum absolute atomic E-state index is 0.179. The number of fused-ring (bicyclic) bond motifs is 3. The van der Waals surface area contributed by atoms with Crippen molar-refractivity contribution < 1.29 is 9.30 Å². The van der Waals surface area contributed by atoms with Crippen molar-refractivity contribution >= 4 is 10.8 Å². The van der Waals surface area contributed by atoms with E-state index in [1.54, 1.807) is 0 Å². The molecule has 2 aromatic carbocycles. The highest BCUT2D eigenvalue weighted by molar-refractivity contribution is 5.90. The van der Waals surface area contributed by atoms with Gasteiger partial charge < -0.3 is 10.5 Å². The van der Waals surface area contributed by atoms with Crippen molar-refractivity contribution in [1.82, 2.24) is 0 Å². The molecule has 2 heterocycles. The standard InChI is InChI=1S/C20H16N3O/c1-23-10-4-6-14(12-23)18-16-9-8-13-5-2-3-7-15(13)19(16)24-20(22)17(18)11-21/h2-10,12,18H,22H2,1H3/q+1/t18-/m1/s1. The fraction of sp³-hybridized carbons (Fsp3) is 0.100. The van der Waals surface area contributed by atoms with Gasteiger partial charge in [-0.05, 0) is 11.5 Å². The minimum Gasteiger partial charge on any atom is -0.440 e. The molecule has 1 aliphatic rings. The second-order valence-corrected chi connectivity index (χ2v) is 5.93. The maximum atomic E-state index is 9.63. The van der Waals surface area contributed by atoms with Gasteiger partial charge in [0.25, 0.3) is 0 Å². The van der Waals surface area contributed by atoms with Gasteiger partial charge in [0, 0.05) is 22.6 Å². The topological polar surface area (TPSA) is 62.9 Å². The van der Waals surface area contributed by atoms with Crippen molar-refractivity contribution in [3.05, 3.63) is 83.5 Å². The number of benzene rings is 2. The normalized spacial score (nSPS) is 16.4. The zero-order chi connectivity index (χ0) is 16.7. The molecule has 0 saturated carbocycles. The molecule has 1 atom stereocenters. The van der Waals surface area contributed by atoms with Gasteiger partial charge in [-0.15, -0.1) is 0 Å². The van der Waals surface area contributed by atoms with E-state index >= 15 is 0 Å². The van der Waals surface area contributed by atoms with Gasteiger partial charge in [-0.25, -0.2) is 4.57 Å². The van der Waals surface area contributed by atoms with Crippen molar-refractivity contribution in [2.24, 2.45) is 12.8 Å². The van der Waals surface area contributed by atoms with Gasteiger partial charge in [0.2, 0.25) is 5.88 Å². The largest absolute Gasteiger partial charge is 0.440 e. The van der Waals surface area contributed by atoms with Crippen LogP contribution in [0.1, 0.15) is 17.0 Å². The molecule has 0 aliphatic carbocycles. The number of aryl methyl sites for hydroxylation is 1. The van der Waals surface area contributed by atoms with Crippen LogP contribution in [0.15, 0.2) is 72.4 Å². The summed E-state index contributed by atoms with van der Waals surface area (Å²) in [5.41, 5.74) is 8.51. The Morgan fingerprint density at radius 2 is 1.96 bits per heavy atom. The molecule has 1 aliphatic heterocycles. The van der Waals surface area contributed by atoms with Crippen LogP contribution in [0.4, 0.5) is 0 Å².